The van der Waals surface area contributed by atoms with Gasteiger partial charge < -0.3 is 4.74 Å². The molecule has 2 nitrogen and oxygen atoms in total. The zero-order chi connectivity index (χ0) is 13.2. The zero-order valence-corrected chi connectivity index (χ0v) is 10.7. The van der Waals surface area contributed by atoms with E-state index < -0.39 is 0 Å². The Balaban J connectivity index is 2.06. The van der Waals surface area contributed by atoms with Crippen molar-refractivity contribution < 1.29 is 9.53 Å². The van der Waals surface area contributed by atoms with Crippen LogP contribution in [0.1, 0.15) is 32.6 Å². The quantitative estimate of drug-likeness (QED) is 0.617. The Bertz CT molecular complexity index is 669. The minimum atomic E-state index is -0.294. The lowest BCUT2D eigenvalue weighted by Crippen LogP contribution is -2.02. The van der Waals surface area contributed by atoms with Crippen molar-refractivity contribution in [2.24, 2.45) is 0 Å². The molecule has 0 atom stereocenters. The van der Waals surface area contributed by atoms with Gasteiger partial charge in [-0.2, -0.15) is 0 Å². The van der Waals surface area contributed by atoms with Crippen LogP contribution >= 0.6 is 0 Å². The number of methoxy groups -OCH3 is 1. The normalized spacial score (nSPS) is 12.3. The molecular weight excluding hydrogens is 236 g/mol. The van der Waals surface area contributed by atoms with E-state index in [1.54, 1.807) is 0 Å². The van der Waals surface area contributed by atoms with E-state index in [2.05, 4.69) is 30.4 Å². The average Bonchev–Trinajstić information content (AvgIpc) is 2.64. The molecule has 0 aromatic heterocycles. The molecule has 2 aromatic carbocycles. The maximum atomic E-state index is 11.6. The predicted octanol–water partition coefficient (Wildman–Crippen LogP) is 3.55. The number of benzene rings is 2. The van der Waals surface area contributed by atoms with E-state index in [9.17, 15) is 4.79 Å². The predicted molar refractivity (Wildman–Crippen MR) is 76.0 cm³/mol. The molecule has 2 aromatic rings. The Morgan fingerprint density at radius 3 is 2.58 bits per heavy atom. The average molecular weight is 250 g/mol. The van der Waals surface area contributed by atoms with Crippen LogP contribution in [0.15, 0.2) is 42.5 Å². The van der Waals surface area contributed by atoms with Crippen LogP contribution in [0.3, 0.4) is 0 Å². The van der Waals surface area contributed by atoms with E-state index in [1.165, 1.54) is 23.8 Å². The molecule has 19 heavy (non-hydrogen) atoms. The fraction of sp³-hybridized carbons (Fsp3) is 0.118. The molecule has 0 radical (unpaired) electrons. The smallest absolute Gasteiger partial charge is 0.337 e. The van der Waals surface area contributed by atoms with Crippen molar-refractivity contribution in [2.75, 3.05) is 7.11 Å². The fourth-order valence-corrected chi connectivity index (χ4v) is 2.40. The number of esters is 1. The van der Waals surface area contributed by atoms with Gasteiger partial charge in [-0.3, -0.25) is 0 Å². The van der Waals surface area contributed by atoms with Gasteiger partial charge in [0, 0.05) is 0 Å². The lowest BCUT2D eigenvalue weighted by Gasteiger charge is -2.07. The zero-order valence-electron chi connectivity index (χ0n) is 10.7. The molecular formula is C17H14O2. The molecule has 1 aliphatic rings. The van der Waals surface area contributed by atoms with Crippen molar-refractivity contribution in [3.63, 3.8) is 0 Å². The lowest BCUT2D eigenvalue weighted by atomic mass is 9.98. The second-order valence-corrected chi connectivity index (χ2v) is 4.61. The summed E-state index contributed by atoms with van der Waals surface area (Å²) in [7, 11) is 1.40. The second-order valence-electron chi connectivity index (χ2n) is 4.61. The molecule has 0 unspecified atom stereocenters. The highest BCUT2D eigenvalue weighted by Crippen LogP contribution is 2.25. The molecule has 0 heterocycles. The molecule has 0 N–H and O–H groups in total. The fourth-order valence-electron chi connectivity index (χ4n) is 2.40. The Hall–Kier alpha value is -2.35. The molecule has 0 spiro atoms. The van der Waals surface area contributed by atoms with Gasteiger partial charge in [0.25, 0.3) is 0 Å². The summed E-state index contributed by atoms with van der Waals surface area (Å²) in [6.45, 7) is 0. The molecule has 0 bridgehead atoms. The number of hydrogen-bond donors (Lipinski definition) is 0. The molecule has 3 rings (SSSR count). The first-order valence-corrected chi connectivity index (χ1v) is 6.25. The van der Waals surface area contributed by atoms with Gasteiger partial charge in [-0.15, -0.1) is 0 Å². The summed E-state index contributed by atoms with van der Waals surface area (Å²) in [5.41, 5.74) is 5.45. The topological polar surface area (TPSA) is 26.3 Å². The molecule has 0 aliphatic heterocycles. The third kappa shape index (κ3) is 2.17. The van der Waals surface area contributed by atoms with Crippen molar-refractivity contribution in [2.45, 2.75) is 6.42 Å². The van der Waals surface area contributed by atoms with Gasteiger partial charge >= 0.3 is 5.97 Å². The van der Waals surface area contributed by atoms with Crippen molar-refractivity contribution in [1.29, 1.82) is 0 Å². The minimum Gasteiger partial charge on any atom is -0.465 e. The van der Waals surface area contributed by atoms with Crippen LogP contribution < -0.4 is 0 Å². The first-order chi connectivity index (χ1) is 9.28. The highest BCUT2D eigenvalue weighted by Gasteiger charge is 2.12. The van der Waals surface area contributed by atoms with Gasteiger partial charge in [0.2, 0.25) is 0 Å². The Kier molecular flexibility index (Phi) is 2.92. The van der Waals surface area contributed by atoms with E-state index in [0.717, 1.165) is 12.0 Å². The summed E-state index contributed by atoms with van der Waals surface area (Å²) in [5.74, 6) is -0.294. The van der Waals surface area contributed by atoms with Gasteiger partial charge in [0.1, 0.15) is 0 Å². The monoisotopic (exact) mass is 250 g/mol. The van der Waals surface area contributed by atoms with E-state index in [4.69, 9.17) is 4.74 Å². The van der Waals surface area contributed by atoms with Gasteiger partial charge in [-0.05, 0) is 40.8 Å². The van der Waals surface area contributed by atoms with Gasteiger partial charge in [0.15, 0.2) is 0 Å². The van der Waals surface area contributed by atoms with Crippen molar-refractivity contribution in [3.8, 4) is 0 Å². The van der Waals surface area contributed by atoms with Gasteiger partial charge in [-0.25, -0.2) is 4.79 Å². The van der Waals surface area contributed by atoms with Crippen LogP contribution in [0.2, 0.25) is 0 Å². The summed E-state index contributed by atoms with van der Waals surface area (Å²) in [6, 6.07) is 14.1. The maximum absolute atomic E-state index is 11.6. The van der Waals surface area contributed by atoms with Crippen LogP contribution in [0, 0.1) is 0 Å². The van der Waals surface area contributed by atoms with Crippen molar-refractivity contribution in [1.82, 2.24) is 0 Å². The molecule has 0 saturated carbocycles. The van der Waals surface area contributed by atoms with Crippen LogP contribution in [0.25, 0.3) is 12.2 Å². The Morgan fingerprint density at radius 2 is 1.74 bits per heavy atom. The number of ether oxygens (including phenoxy) is 1. The first kappa shape index (κ1) is 11.7. The number of hydrogen-bond acceptors (Lipinski definition) is 2. The molecule has 1 aliphatic carbocycles. The number of fused-ring (bicyclic) bond motifs is 2. The summed E-state index contributed by atoms with van der Waals surface area (Å²) in [5, 5.41) is 0. The SMILES string of the molecule is COC(=O)c1ccc2c(c1)C=Cc1ccccc1C2. The molecule has 0 amide bonds. The van der Waals surface area contributed by atoms with Crippen LogP contribution in [0.5, 0.6) is 0 Å². The highest BCUT2D eigenvalue weighted by atomic mass is 16.5. The largest absolute Gasteiger partial charge is 0.465 e. The van der Waals surface area contributed by atoms with Gasteiger partial charge in [-0.1, -0.05) is 42.5 Å². The summed E-state index contributed by atoms with van der Waals surface area (Å²) < 4.78 is 4.76. The second kappa shape index (κ2) is 4.73. The van der Waals surface area contributed by atoms with Gasteiger partial charge in [0.05, 0.1) is 12.7 Å². The molecule has 0 fully saturated rings. The van der Waals surface area contributed by atoms with E-state index in [1.807, 2.05) is 24.3 Å². The van der Waals surface area contributed by atoms with E-state index in [0.29, 0.717) is 5.56 Å². The Labute approximate surface area is 112 Å². The maximum Gasteiger partial charge on any atom is 0.337 e. The third-order valence-electron chi connectivity index (χ3n) is 3.45. The van der Waals surface area contributed by atoms with Crippen molar-refractivity contribution >= 4 is 18.1 Å². The molecule has 0 saturated heterocycles. The summed E-state index contributed by atoms with van der Waals surface area (Å²) >= 11 is 0. The highest BCUT2D eigenvalue weighted by molar-refractivity contribution is 5.91. The number of carbonyl (C=O) groups excluding carboxylic acids is 1. The van der Waals surface area contributed by atoms with Crippen LogP contribution in [0.4, 0.5) is 0 Å². The lowest BCUT2D eigenvalue weighted by molar-refractivity contribution is 0.0600. The van der Waals surface area contributed by atoms with E-state index in [-0.39, 0.29) is 5.97 Å². The standard InChI is InChI=1S/C17H14O2/c1-19-17(18)16-9-8-14-10-13-5-3-2-4-12(13)6-7-15(14)11-16/h2-9,11H,10H2,1H3. The third-order valence-corrected chi connectivity index (χ3v) is 3.45. The minimum absolute atomic E-state index is 0.294. The number of rotatable bonds is 1. The molecule has 94 valence electrons. The van der Waals surface area contributed by atoms with E-state index >= 15 is 0 Å². The first-order valence-electron chi connectivity index (χ1n) is 6.25. The number of carbonyl (C=O) groups is 1. The Morgan fingerprint density at radius 1 is 1.00 bits per heavy atom. The van der Waals surface area contributed by atoms with Crippen molar-refractivity contribution in [3.05, 3.63) is 70.3 Å². The van der Waals surface area contributed by atoms with Crippen LogP contribution in [-0.2, 0) is 11.2 Å². The summed E-state index contributed by atoms with van der Waals surface area (Å²) in [4.78, 5) is 11.6. The molecule has 2 heteroatoms. The summed E-state index contributed by atoms with van der Waals surface area (Å²) in [6.07, 6.45) is 5.05. The van der Waals surface area contributed by atoms with Crippen LogP contribution in [-0.4, -0.2) is 13.1 Å².